The quantitative estimate of drug-likeness (QED) is 0.577. The van der Waals surface area contributed by atoms with Crippen molar-refractivity contribution in [2.24, 2.45) is 0 Å². The second kappa shape index (κ2) is 8.84. The highest BCUT2D eigenvalue weighted by molar-refractivity contribution is 7.92. The van der Waals surface area contributed by atoms with E-state index < -0.39 is 10.0 Å². The minimum atomic E-state index is -3.72. The van der Waals surface area contributed by atoms with Crippen LogP contribution in [0.15, 0.2) is 53.4 Å². The third kappa shape index (κ3) is 4.38. The van der Waals surface area contributed by atoms with Gasteiger partial charge >= 0.3 is 0 Å². The van der Waals surface area contributed by atoms with Crippen molar-refractivity contribution < 1.29 is 17.9 Å². The number of methoxy groups -OCH3 is 1. The number of fused-ring (bicyclic) bond motifs is 1. The third-order valence-corrected chi connectivity index (χ3v) is 7.51. The number of ether oxygens (including phenoxy) is 1. The predicted octanol–water partition coefficient (Wildman–Crippen LogP) is 4.26. The molecule has 3 rings (SSSR count). The van der Waals surface area contributed by atoms with E-state index in [2.05, 4.69) is 5.32 Å². The molecule has 1 heterocycles. The van der Waals surface area contributed by atoms with Crippen LogP contribution in [0.5, 0.6) is 5.75 Å². The lowest BCUT2D eigenvalue weighted by molar-refractivity contribution is 0.0957. The number of nitrogens with one attached hydrogen (secondary N) is 1. The third-order valence-electron chi connectivity index (χ3n) is 4.48. The highest BCUT2D eigenvalue weighted by atomic mass is 32.2. The normalized spacial score (nSPS) is 11.4. The van der Waals surface area contributed by atoms with E-state index in [0.29, 0.717) is 22.9 Å². The van der Waals surface area contributed by atoms with Crippen LogP contribution in [0.25, 0.3) is 10.1 Å². The van der Waals surface area contributed by atoms with Crippen LogP contribution in [0.3, 0.4) is 0 Å². The van der Waals surface area contributed by atoms with E-state index >= 15 is 0 Å². The fourth-order valence-electron chi connectivity index (χ4n) is 2.99. The number of thiophene rings is 1. The zero-order valence-corrected chi connectivity index (χ0v) is 18.3. The van der Waals surface area contributed by atoms with Crippen LogP contribution in [0.1, 0.15) is 29.9 Å². The van der Waals surface area contributed by atoms with Gasteiger partial charge in [0.1, 0.15) is 5.75 Å². The number of rotatable bonds is 8. The number of anilines is 1. The molecule has 2 aromatic carbocycles. The molecule has 0 spiro atoms. The predicted molar refractivity (Wildman–Crippen MR) is 118 cm³/mol. The molecule has 1 aromatic heterocycles. The molecule has 154 valence electrons. The molecule has 3 aromatic rings. The van der Waals surface area contributed by atoms with Crippen molar-refractivity contribution in [1.82, 2.24) is 5.32 Å². The molecule has 6 nitrogen and oxygen atoms in total. The molecular weight excluding hydrogens is 408 g/mol. The first kappa shape index (κ1) is 21.1. The van der Waals surface area contributed by atoms with Gasteiger partial charge in [0.05, 0.1) is 22.6 Å². The first-order valence-corrected chi connectivity index (χ1v) is 11.6. The Balaban J connectivity index is 1.94. The lowest BCUT2D eigenvalue weighted by Gasteiger charge is -2.23. The summed E-state index contributed by atoms with van der Waals surface area (Å²) in [6.07, 6.45) is 0.870. The van der Waals surface area contributed by atoms with Gasteiger partial charge in [-0.05, 0) is 67.3 Å². The first-order chi connectivity index (χ1) is 13.9. The van der Waals surface area contributed by atoms with Crippen LogP contribution in [0.4, 0.5) is 5.69 Å². The lowest BCUT2D eigenvalue weighted by atomic mass is 10.2. The number of carbonyl (C=O) groups is 1. The maximum Gasteiger partial charge on any atom is 0.264 e. The summed E-state index contributed by atoms with van der Waals surface area (Å²) in [6.45, 7) is 4.71. The van der Waals surface area contributed by atoms with Crippen LogP contribution in [-0.2, 0) is 10.0 Å². The van der Waals surface area contributed by atoms with E-state index in [1.807, 2.05) is 25.1 Å². The van der Waals surface area contributed by atoms with Crippen molar-refractivity contribution in [3.63, 3.8) is 0 Å². The van der Waals surface area contributed by atoms with Crippen LogP contribution >= 0.6 is 11.3 Å². The maximum atomic E-state index is 13.2. The SMILES string of the molecule is CCCNC(=O)c1cc2cc(N(CC)S(=O)(=O)c3ccc(OC)cc3)ccc2s1. The molecule has 0 aliphatic carbocycles. The Bertz CT molecular complexity index is 1110. The van der Waals surface area contributed by atoms with Gasteiger partial charge in [-0.3, -0.25) is 9.10 Å². The van der Waals surface area contributed by atoms with Gasteiger partial charge in [-0.15, -0.1) is 11.3 Å². The van der Waals surface area contributed by atoms with E-state index in [9.17, 15) is 13.2 Å². The van der Waals surface area contributed by atoms with Crippen molar-refractivity contribution in [3.05, 3.63) is 53.4 Å². The summed E-state index contributed by atoms with van der Waals surface area (Å²) >= 11 is 1.40. The van der Waals surface area contributed by atoms with Crippen molar-refractivity contribution in [1.29, 1.82) is 0 Å². The summed E-state index contributed by atoms with van der Waals surface area (Å²) in [5.74, 6) is 0.494. The number of nitrogens with zero attached hydrogens (tertiary/aromatic N) is 1. The van der Waals surface area contributed by atoms with Crippen molar-refractivity contribution in [3.8, 4) is 5.75 Å². The maximum absolute atomic E-state index is 13.2. The molecule has 0 bridgehead atoms. The second-order valence-corrected chi connectivity index (χ2v) is 9.38. The number of benzene rings is 2. The molecule has 1 N–H and O–H groups in total. The largest absolute Gasteiger partial charge is 0.497 e. The molecule has 29 heavy (non-hydrogen) atoms. The van der Waals surface area contributed by atoms with Gasteiger partial charge in [-0.1, -0.05) is 6.92 Å². The highest BCUT2D eigenvalue weighted by Crippen LogP contribution is 2.32. The molecule has 0 radical (unpaired) electrons. The van der Waals surface area contributed by atoms with Gasteiger partial charge in [0.15, 0.2) is 0 Å². The molecule has 0 atom stereocenters. The Morgan fingerprint density at radius 3 is 2.45 bits per heavy atom. The summed E-state index contributed by atoms with van der Waals surface area (Å²) in [5, 5.41) is 3.71. The van der Waals surface area contributed by atoms with Gasteiger partial charge in [0.25, 0.3) is 15.9 Å². The van der Waals surface area contributed by atoms with Crippen molar-refractivity contribution in [2.45, 2.75) is 25.2 Å². The molecular formula is C21H24N2O4S2. The molecule has 0 saturated heterocycles. The average Bonchev–Trinajstić information content (AvgIpc) is 3.16. The topological polar surface area (TPSA) is 75.7 Å². The summed E-state index contributed by atoms with van der Waals surface area (Å²) in [7, 11) is -2.18. The fraction of sp³-hybridized carbons (Fsp3) is 0.286. The molecule has 0 unspecified atom stereocenters. The fourth-order valence-corrected chi connectivity index (χ4v) is 5.41. The minimum Gasteiger partial charge on any atom is -0.497 e. The summed E-state index contributed by atoms with van der Waals surface area (Å²) < 4.78 is 33.7. The standard InChI is InChI=1S/C21H24N2O4S2/c1-4-12-22-21(24)20-14-15-13-16(6-11-19(15)28-20)23(5-2)29(25,26)18-9-7-17(27-3)8-10-18/h6-11,13-14H,4-5,12H2,1-3H3,(H,22,24). The minimum absolute atomic E-state index is 0.104. The summed E-state index contributed by atoms with van der Waals surface area (Å²) in [5.41, 5.74) is 0.564. The Morgan fingerprint density at radius 2 is 1.83 bits per heavy atom. The first-order valence-electron chi connectivity index (χ1n) is 9.39. The van der Waals surface area contributed by atoms with Crippen LogP contribution < -0.4 is 14.4 Å². The van der Waals surface area contributed by atoms with Gasteiger partial charge in [-0.2, -0.15) is 0 Å². The molecule has 0 fully saturated rings. The van der Waals surface area contributed by atoms with Gasteiger partial charge < -0.3 is 10.1 Å². The van der Waals surface area contributed by atoms with E-state index in [-0.39, 0.29) is 17.3 Å². The summed E-state index contributed by atoms with van der Waals surface area (Å²) in [6, 6.07) is 13.6. The highest BCUT2D eigenvalue weighted by Gasteiger charge is 2.24. The number of hydrogen-bond donors (Lipinski definition) is 1. The van der Waals surface area contributed by atoms with E-state index in [4.69, 9.17) is 4.74 Å². The van der Waals surface area contributed by atoms with Crippen LogP contribution in [-0.4, -0.2) is 34.5 Å². The van der Waals surface area contributed by atoms with Crippen molar-refractivity contribution >= 4 is 43.0 Å². The Kier molecular flexibility index (Phi) is 6.44. The average molecular weight is 433 g/mol. The monoisotopic (exact) mass is 432 g/mol. The van der Waals surface area contributed by atoms with Crippen LogP contribution in [0.2, 0.25) is 0 Å². The smallest absolute Gasteiger partial charge is 0.264 e. The summed E-state index contributed by atoms with van der Waals surface area (Å²) in [4.78, 5) is 13.0. The van der Waals surface area contributed by atoms with Gasteiger partial charge in [0.2, 0.25) is 0 Å². The zero-order valence-electron chi connectivity index (χ0n) is 16.6. The molecule has 1 amide bonds. The van der Waals surface area contributed by atoms with E-state index in [0.717, 1.165) is 16.5 Å². The number of amides is 1. The zero-order chi connectivity index (χ0) is 21.0. The van der Waals surface area contributed by atoms with E-state index in [1.165, 1.54) is 34.9 Å². The Hall–Kier alpha value is -2.58. The molecule has 0 aliphatic heterocycles. The van der Waals surface area contributed by atoms with Crippen molar-refractivity contribution in [2.75, 3.05) is 24.5 Å². The van der Waals surface area contributed by atoms with Gasteiger partial charge in [0, 0.05) is 17.8 Å². The Labute approximate surface area is 175 Å². The second-order valence-electron chi connectivity index (χ2n) is 6.43. The lowest BCUT2D eigenvalue weighted by Crippen LogP contribution is -2.30. The number of hydrogen-bond acceptors (Lipinski definition) is 5. The number of carbonyl (C=O) groups excluding carboxylic acids is 1. The Morgan fingerprint density at radius 1 is 1.10 bits per heavy atom. The van der Waals surface area contributed by atoms with Crippen LogP contribution in [0, 0.1) is 0 Å². The number of sulfonamides is 1. The molecule has 8 heteroatoms. The van der Waals surface area contributed by atoms with Gasteiger partial charge in [-0.25, -0.2) is 8.42 Å². The molecule has 0 aliphatic rings. The molecule has 0 saturated carbocycles. The van der Waals surface area contributed by atoms with E-state index in [1.54, 1.807) is 25.1 Å².